The molecule has 0 unspecified atom stereocenters. The molecule has 0 bridgehead atoms. The van der Waals surface area contributed by atoms with Crippen LogP contribution in [0.4, 0.5) is 0 Å². The zero-order valence-corrected chi connectivity index (χ0v) is 10.0. The van der Waals surface area contributed by atoms with Gasteiger partial charge in [-0.3, -0.25) is 9.48 Å². The maximum atomic E-state index is 12.1. The Morgan fingerprint density at radius 3 is 2.73 bits per heavy atom. The zero-order valence-electron chi connectivity index (χ0n) is 9.25. The van der Waals surface area contributed by atoms with E-state index in [0.29, 0.717) is 23.7 Å². The van der Waals surface area contributed by atoms with E-state index in [1.54, 1.807) is 4.68 Å². The molecular weight excluding hydrogens is 212 g/mol. The first-order valence-corrected chi connectivity index (χ1v) is 5.44. The van der Waals surface area contributed by atoms with Gasteiger partial charge in [0.1, 0.15) is 5.69 Å². The van der Waals surface area contributed by atoms with Crippen LogP contribution in [0.2, 0.25) is 5.02 Å². The number of aryl methyl sites for hydroxylation is 1. The first kappa shape index (κ1) is 12.0. The van der Waals surface area contributed by atoms with Gasteiger partial charge in [0.05, 0.1) is 11.2 Å². The van der Waals surface area contributed by atoms with Crippen LogP contribution in [-0.4, -0.2) is 15.6 Å². The summed E-state index contributed by atoms with van der Waals surface area (Å²) in [6.07, 6.45) is 4.05. The van der Waals surface area contributed by atoms with E-state index in [9.17, 15) is 4.79 Å². The predicted octanol–water partition coefficient (Wildman–Crippen LogP) is 3.10. The van der Waals surface area contributed by atoms with Crippen LogP contribution in [0.15, 0.2) is 17.8 Å². The molecule has 1 rings (SSSR count). The summed E-state index contributed by atoms with van der Waals surface area (Å²) < 4.78 is 1.63. The third-order valence-electron chi connectivity index (χ3n) is 2.33. The topological polar surface area (TPSA) is 34.9 Å². The Morgan fingerprint density at radius 1 is 1.60 bits per heavy atom. The highest BCUT2D eigenvalue weighted by molar-refractivity contribution is 6.34. The van der Waals surface area contributed by atoms with E-state index < -0.39 is 0 Å². The average molecular weight is 227 g/mol. The van der Waals surface area contributed by atoms with Gasteiger partial charge >= 0.3 is 0 Å². The number of nitrogens with zero attached hydrogens (tertiary/aromatic N) is 2. The van der Waals surface area contributed by atoms with Crippen molar-refractivity contribution in [1.82, 2.24) is 9.78 Å². The van der Waals surface area contributed by atoms with E-state index in [2.05, 4.69) is 5.10 Å². The Morgan fingerprint density at radius 2 is 2.27 bits per heavy atom. The molecular formula is C11H15ClN2O. The molecule has 0 aromatic carbocycles. The summed E-state index contributed by atoms with van der Waals surface area (Å²) in [5, 5.41) is 4.47. The first-order chi connectivity index (χ1) is 7.15. The number of carbonyl (C=O) groups is 1. The van der Waals surface area contributed by atoms with E-state index >= 15 is 0 Å². The maximum Gasteiger partial charge on any atom is 0.208 e. The van der Waals surface area contributed by atoms with Crippen molar-refractivity contribution < 1.29 is 4.79 Å². The Bertz CT molecular complexity index is 393. The van der Waals surface area contributed by atoms with Crippen LogP contribution in [0.5, 0.6) is 0 Å². The van der Waals surface area contributed by atoms with Crippen LogP contribution in [0, 0.1) is 0 Å². The van der Waals surface area contributed by atoms with Gasteiger partial charge in [0.25, 0.3) is 0 Å². The fourth-order valence-electron chi connectivity index (χ4n) is 1.48. The summed E-state index contributed by atoms with van der Waals surface area (Å²) in [5.74, 6) is -0.0237. The molecule has 0 aliphatic heterocycles. The zero-order chi connectivity index (χ0) is 11.4. The van der Waals surface area contributed by atoms with Crippen LogP contribution >= 0.6 is 11.6 Å². The van der Waals surface area contributed by atoms with E-state index in [0.717, 1.165) is 5.57 Å². The number of aromatic nitrogens is 2. The molecule has 0 amide bonds. The third-order valence-corrected chi connectivity index (χ3v) is 2.61. The van der Waals surface area contributed by atoms with Gasteiger partial charge in [-0.05, 0) is 25.8 Å². The molecule has 3 nitrogen and oxygen atoms in total. The minimum Gasteiger partial charge on any atom is -0.287 e. The number of halogens is 1. The van der Waals surface area contributed by atoms with Gasteiger partial charge in [-0.15, -0.1) is 0 Å². The van der Waals surface area contributed by atoms with E-state index in [1.165, 1.54) is 6.20 Å². The lowest BCUT2D eigenvalue weighted by Crippen LogP contribution is -2.11. The van der Waals surface area contributed by atoms with E-state index in [-0.39, 0.29) is 5.78 Å². The monoisotopic (exact) mass is 226 g/mol. The van der Waals surface area contributed by atoms with Gasteiger partial charge in [0, 0.05) is 6.54 Å². The molecule has 0 saturated heterocycles. The van der Waals surface area contributed by atoms with Crippen LogP contribution in [0.3, 0.4) is 0 Å². The fourth-order valence-corrected chi connectivity index (χ4v) is 1.70. The minimum atomic E-state index is -0.0237. The Labute approximate surface area is 94.7 Å². The summed E-state index contributed by atoms with van der Waals surface area (Å²) in [7, 11) is 0. The van der Waals surface area contributed by atoms with Gasteiger partial charge in [-0.1, -0.05) is 24.6 Å². The number of carbonyl (C=O) groups excluding carboxylic acids is 1. The number of ketones is 1. The summed E-state index contributed by atoms with van der Waals surface area (Å²) >= 11 is 5.95. The van der Waals surface area contributed by atoms with Crippen molar-refractivity contribution in [3.05, 3.63) is 28.6 Å². The molecule has 0 atom stereocenters. The van der Waals surface area contributed by atoms with Gasteiger partial charge in [0.2, 0.25) is 5.78 Å². The quantitative estimate of drug-likeness (QED) is 0.584. The summed E-state index contributed by atoms with van der Waals surface area (Å²) in [6.45, 7) is 6.39. The standard InChI is InChI=1S/C11H15ClN2O/c1-4-8(5-2)11(15)10-9(12)7-13-14(10)6-3/h4,7H,5-6H2,1-3H3. The second kappa shape index (κ2) is 5.12. The Balaban J connectivity index is 3.15. The Hall–Kier alpha value is -1.09. The van der Waals surface area contributed by atoms with Crippen molar-refractivity contribution in [2.45, 2.75) is 33.7 Å². The van der Waals surface area contributed by atoms with Crippen LogP contribution in [0.25, 0.3) is 0 Å². The molecule has 0 saturated carbocycles. The van der Waals surface area contributed by atoms with Crippen molar-refractivity contribution in [3.63, 3.8) is 0 Å². The molecule has 0 spiro atoms. The normalized spacial score (nSPS) is 11.9. The minimum absolute atomic E-state index is 0.0237. The number of allylic oxidation sites excluding steroid dienone is 2. The lowest BCUT2D eigenvalue weighted by atomic mass is 10.1. The molecule has 0 aliphatic rings. The highest BCUT2D eigenvalue weighted by Gasteiger charge is 2.18. The fraction of sp³-hybridized carbons (Fsp3) is 0.455. The third kappa shape index (κ3) is 2.29. The summed E-state index contributed by atoms with van der Waals surface area (Å²) in [5.41, 5.74) is 1.27. The molecule has 15 heavy (non-hydrogen) atoms. The van der Waals surface area contributed by atoms with E-state index in [1.807, 2.05) is 26.8 Å². The number of hydrogen-bond donors (Lipinski definition) is 0. The lowest BCUT2D eigenvalue weighted by molar-refractivity contribution is 0.102. The van der Waals surface area contributed by atoms with Gasteiger partial charge < -0.3 is 0 Å². The average Bonchev–Trinajstić information content (AvgIpc) is 2.61. The largest absolute Gasteiger partial charge is 0.287 e. The first-order valence-electron chi connectivity index (χ1n) is 5.06. The maximum absolute atomic E-state index is 12.1. The molecule has 1 aromatic rings. The van der Waals surface area contributed by atoms with Crippen molar-refractivity contribution in [3.8, 4) is 0 Å². The summed E-state index contributed by atoms with van der Waals surface area (Å²) in [6, 6.07) is 0. The van der Waals surface area contributed by atoms with E-state index in [4.69, 9.17) is 11.6 Å². The van der Waals surface area contributed by atoms with Gasteiger partial charge in [-0.2, -0.15) is 5.10 Å². The predicted molar refractivity (Wildman–Crippen MR) is 61.3 cm³/mol. The molecule has 82 valence electrons. The Kier molecular flexibility index (Phi) is 4.09. The van der Waals surface area contributed by atoms with Crippen molar-refractivity contribution in [2.24, 2.45) is 0 Å². The van der Waals surface area contributed by atoms with Crippen molar-refractivity contribution in [2.75, 3.05) is 0 Å². The van der Waals surface area contributed by atoms with Crippen LogP contribution in [0.1, 0.15) is 37.7 Å². The molecule has 1 aromatic heterocycles. The highest BCUT2D eigenvalue weighted by atomic mass is 35.5. The lowest BCUT2D eigenvalue weighted by Gasteiger charge is -2.06. The second-order valence-electron chi connectivity index (χ2n) is 3.15. The number of rotatable bonds is 4. The molecule has 0 aliphatic carbocycles. The van der Waals surface area contributed by atoms with Crippen molar-refractivity contribution >= 4 is 17.4 Å². The summed E-state index contributed by atoms with van der Waals surface area (Å²) in [4.78, 5) is 12.1. The van der Waals surface area contributed by atoms with Crippen LogP contribution in [-0.2, 0) is 6.54 Å². The van der Waals surface area contributed by atoms with Crippen LogP contribution < -0.4 is 0 Å². The van der Waals surface area contributed by atoms with Gasteiger partial charge in [-0.25, -0.2) is 0 Å². The molecule has 1 heterocycles. The second-order valence-corrected chi connectivity index (χ2v) is 3.56. The van der Waals surface area contributed by atoms with Gasteiger partial charge in [0.15, 0.2) is 0 Å². The number of Topliss-reactive ketones (excluding diaryl/α,β-unsaturated/α-hetero) is 1. The molecule has 0 fully saturated rings. The smallest absolute Gasteiger partial charge is 0.208 e. The highest BCUT2D eigenvalue weighted by Crippen LogP contribution is 2.20. The molecule has 0 N–H and O–H groups in total. The molecule has 0 radical (unpaired) electrons. The molecule has 4 heteroatoms. The number of hydrogen-bond acceptors (Lipinski definition) is 2. The SMILES string of the molecule is CC=C(CC)C(=O)c1c(Cl)cnn1CC. The van der Waals surface area contributed by atoms with Crippen molar-refractivity contribution in [1.29, 1.82) is 0 Å².